The summed E-state index contributed by atoms with van der Waals surface area (Å²) in [7, 11) is 1.51. The molecule has 0 saturated heterocycles. The van der Waals surface area contributed by atoms with E-state index in [0.717, 1.165) is 24.1 Å². The Labute approximate surface area is 166 Å². The molecule has 2 aromatic heterocycles. The van der Waals surface area contributed by atoms with Gasteiger partial charge in [-0.2, -0.15) is 5.10 Å². The third kappa shape index (κ3) is 2.91. The van der Waals surface area contributed by atoms with Gasteiger partial charge in [-0.15, -0.1) is 0 Å². The van der Waals surface area contributed by atoms with Gasteiger partial charge in [-0.25, -0.2) is 19.5 Å². The number of carbonyl (C=O) groups is 2. The van der Waals surface area contributed by atoms with Crippen molar-refractivity contribution in [3.05, 3.63) is 65.9 Å². The topological polar surface area (TPSA) is 105 Å². The molecule has 0 radical (unpaired) electrons. The van der Waals surface area contributed by atoms with E-state index in [0.29, 0.717) is 29.0 Å². The highest BCUT2D eigenvalue weighted by molar-refractivity contribution is 6.01. The van der Waals surface area contributed by atoms with E-state index in [-0.39, 0.29) is 0 Å². The van der Waals surface area contributed by atoms with Crippen LogP contribution in [-0.2, 0) is 6.42 Å². The molecule has 5 rings (SSSR count). The Morgan fingerprint density at radius 2 is 2.03 bits per heavy atom. The number of aromatic nitrogens is 4. The van der Waals surface area contributed by atoms with Crippen LogP contribution in [0.3, 0.4) is 0 Å². The van der Waals surface area contributed by atoms with Crippen molar-refractivity contribution in [2.45, 2.75) is 18.8 Å². The number of rotatable bonds is 3. The summed E-state index contributed by atoms with van der Waals surface area (Å²) in [5.41, 5.74) is 5.53. The minimum Gasteiger partial charge on any atom is -0.339 e. The van der Waals surface area contributed by atoms with Gasteiger partial charge in [0.1, 0.15) is 0 Å². The first-order valence-electron chi connectivity index (χ1n) is 9.43. The minimum absolute atomic E-state index is 0.322. The molecule has 9 nitrogen and oxygen atoms in total. The standard InChI is InChI=1S/C20H19N7O2/c1-21-20(29)26(13-5-3-2-4-6-13)25-19(28)17-15-10-12-9-14(12)18(15)27(24-17)16-11-22-7-8-23-16/h2-8,11-12,14H,9-10H2,1H3,(H,21,29)(H,25,28)/t12-,14-/m1/s1. The van der Waals surface area contributed by atoms with E-state index in [2.05, 4.69) is 25.8 Å². The molecule has 29 heavy (non-hydrogen) atoms. The Morgan fingerprint density at radius 3 is 2.76 bits per heavy atom. The van der Waals surface area contributed by atoms with Crippen LogP contribution in [0, 0.1) is 5.92 Å². The molecule has 2 heterocycles. The number of hydrogen-bond donors (Lipinski definition) is 2. The van der Waals surface area contributed by atoms with Gasteiger partial charge in [-0.1, -0.05) is 18.2 Å². The predicted octanol–water partition coefficient (Wildman–Crippen LogP) is 1.81. The second-order valence-corrected chi connectivity index (χ2v) is 7.16. The van der Waals surface area contributed by atoms with Gasteiger partial charge < -0.3 is 5.32 Å². The SMILES string of the molecule is CNC(=O)N(NC(=O)c1nn(-c2cnccn2)c2c1C[C@H]1C[C@@H]21)c1ccccc1. The molecule has 1 fully saturated rings. The molecule has 1 aromatic carbocycles. The molecule has 3 aromatic rings. The van der Waals surface area contributed by atoms with Crippen molar-refractivity contribution in [3.8, 4) is 5.82 Å². The van der Waals surface area contributed by atoms with Crippen LogP contribution >= 0.6 is 0 Å². The van der Waals surface area contributed by atoms with Crippen LogP contribution in [0.15, 0.2) is 48.9 Å². The summed E-state index contributed by atoms with van der Waals surface area (Å²) in [6.45, 7) is 0. The van der Waals surface area contributed by atoms with Crippen LogP contribution in [0.5, 0.6) is 0 Å². The molecule has 0 spiro atoms. The summed E-state index contributed by atoms with van der Waals surface area (Å²) in [4.78, 5) is 33.9. The molecule has 0 unspecified atom stereocenters. The molecule has 0 bridgehead atoms. The zero-order chi connectivity index (χ0) is 20.0. The highest BCUT2D eigenvalue weighted by atomic mass is 16.2. The number of para-hydroxylation sites is 1. The largest absolute Gasteiger partial charge is 0.340 e. The number of fused-ring (bicyclic) bond motifs is 3. The van der Waals surface area contributed by atoms with Crippen LogP contribution in [0.1, 0.15) is 34.1 Å². The summed E-state index contributed by atoms with van der Waals surface area (Å²) in [5.74, 6) is 1.12. The molecule has 2 N–H and O–H groups in total. The fraction of sp³-hybridized carbons (Fsp3) is 0.250. The van der Waals surface area contributed by atoms with Crippen LogP contribution in [0.4, 0.5) is 10.5 Å². The number of urea groups is 1. The number of amides is 3. The summed E-state index contributed by atoms with van der Waals surface area (Å²) in [5, 5.41) is 8.29. The first-order valence-corrected chi connectivity index (χ1v) is 9.43. The zero-order valence-electron chi connectivity index (χ0n) is 15.7. The van der Waals surface area contributed by atoms with Gasteiger partial charge in [0, 0.05) is 30.9 Å². The van der Waals surface area contributed by atoms with Gasteiger partial charge in [0.2, 0.25) is 0 Å². The summed E-state index contributed by atoms with van der Waals surface area (Å²) >= 11 is 0. The van der Waals surface area contributed by atoms with E-state index in [1.165, 1.54) is 12.1 Å². The Balaban J connectivity index is 1.50. The van der Waals surface area contributed by atoms with Crippen LogP contribution in [-0.4, -0.2) is 38.7 Å². The Kier molecular flexibility index (Phi) is 4.01. The molecule has 2 aliphatic carbocycles. The van der Waals surface area contributed by atoms with Crippen molar-refractivity contribution in [1.29, 1.82) is 0 Å². The lowest BCUT2D eigenvalue weighted by molar-refractivity contribution is 0.0944. The predicted molar refractivity (Wildman–Crippen MR) is 105 cm³/mol. The number of carbonyl (C=O) groups excluding carboxylic acids is 2. The molecule has 2 atom stereocenters. The molecule has 1 saturated carbocycles. The van der Waals surface area contributed by atoms with Crippen LogP contribution in [0.2, 0.25) is 0 Å². The maximum absolute atomic E-state index is 13.1. The maximum atomic E-state index is 13.1. The number of hydrogen-bond acceptors (Lipinski definition) is 5. The second-order valence-electron chi connectivity index (χ2n) is 7.16. The molecule has 146 valence electrons. The normalized spacial score (nSPS) is 18.5. The van der Waals surface area contributed by atoms with Gasteiger partial charge >= 0.3 is 6.03 Å². The van der Waals surface area contributed by atoms with Gasteiger partial charge in [0.05, 0.1) is 17.6 Å². The second kappa shape index (κ2) is 6.69. The van der Waals surface area contributed by atoms with Crippen molar-refractivity contribution >= 4 is 17.6 Å². The lowest BCUT2D eigenvalue weighted by Gasteiger charge is -2.22. The molecule has 2 aliphatic rings. The quantitative estimate of drug-likeness (QED) is 0.665. The number of anilines is 1. The van der Waals surface area contributed by atoms with Gasteiger partial charge in [0.15, 0.2) is 11.5 Å². The van der Waals surface area contributed by atoms with Crippen molar-refractivity contribution in [2.24, 2.45) is 5.92 Å². The molecule has 0 aliphatic heterocycles. The number of nitrogens with zero attached hydrogens (tertiary/aromatic N) is 5. The van der Waals surface area contributed by atoms with Gasteiger partial charge in [-0.05, 0) is 30.9 Å². The lowest BCUT2D eigenvalue weighted by Crippen LogP contribution is -2.50. The summed E-state index contributed by atoms with van der Waals surface area (Å²) in [6.07, 6.45) is 6.75. The van der Waals surface area contributed by atoms with Gasteiger partial charge in [0.25, 0.3) is 5.91 Å². The smallest absolute Gasteiger partial charge is 0.339 e. The van der Waals surface area contributed by atoms with Gasteiger partial charge in [-0.3, -0.25) is 15.2 Å². The third-order valence-corrected chi connectivity index (χ3v) is 5.39. The Morgan fingerprint density at radius 1 is 1.21 bits per heavy atom. The first-order chi connectivity index (χ1) is 14.2. The number of benzene rings is 1. The number of hydrazine groups is 1. The Bertz CT molecular complexity index is 1080. The fourth-order valence-corrected chi connectivity index (χ4v) is 3.95. The average molecular weight is 389 g/mol. The van der Waals surface area contributed by atoms with E-state index in [1.54, 1.807) is 47.5 Å². The van der Waals surface area contributed by atoms with Crippen molar-refractivity contribution in [2.75, 3.05) is 12.1 Å². The lowest BCUT2D eigenvalue weighted by atomic mass is 10.1. The highest BCUT2D eigenvalue weighted by Gasteiger charge is 2.50. The molecular formula is C20H19N7O2. The zero-order valence-corrected chi connectivity index (χ0v) is 15.7. The van der Waals surface area contributed by atoms with Crippen molar-refractivity contribution in [1.82, 2.24) is 30.5 Å². The van der Waals surface area contributed by atoms with Crippen LogP contribution < -0.4 is 15.8 Å². The summed E-state index contributed by atoms with van der Waals surface area (Å²) in [6, 6.07) is 8.48. The summed E-state index contributed by atoms with van der Waals surface area (Å²) < 4.78 is 1.72. The molecule has 3 amide bonds. The third-order valence-electron chi connectivity index (χ3n) is 5.39. The van der Waals surface area contributed by atoms with Crippen LogP contribution in [0.25, 0.3) is 5.82 Å². The number of nitrogens with one attached hydrogen (secondary N) is 2. The van der Waals surface area contributed by atoms with E-state index < -0.39 is 11.9 Å². The van der Waals surface area contributed by atoms with E-state index in [9.17, 15) is 9.59 Å². The monoisotopic (exact) mass is 389 g/mol. The van der Waals surface area contributed by atoms with E-state index >= 15 is 0 Å². The Hall–Kier alpha value is -3.75. The fourth-order valence-electron chi connectivity index (χ4n) is 3.95. The average Bonchev–Trinajstić information content (AvgIpc) is 3.27. The minimum atomic E-state index is -0.447. The van der Waals surface area contributed by atoms with Crippen molar-refractivity contribution in [3.63, 3.8) is 0 Å². The molecular weight excluding hydrogens is 370 g/mol. The van der Waals surface area contributed by atoms with E-state index in [1.807, 2.05) is 6.07 Å². The first kappa shape index (κ1) is 17.4. The highest BCUT2D eigenvalue weighted by Crippen LogP contribution is 2.57. The van der Waals surface area contributed by atoms with Crippen molar-refractivity contribution < 1.29 is 9.59 Å². The maximum Gasteiger partial charge on any atom is 0.340 e. The molecule has 9 heteroatoms. The van der Waals surface area contributed by atoms with E-state index in [4.69, 9.17) is 0 Å².